The lowest BCUT2D eigenvalue weighted by atomic mass is 10.1. The van der Waals surface area contributed by atoms with Crippen molar-refractivity contribution in [2.45, 2.75) is 13.3 Å². The van der Waals surface area contributed by atoms with Crippen molar-refractivity contribution in [3.63, 3.8) is 0 Å². The summed E-state index contributed by atoms with van der Waals surface area (Å²) >= 11 is 3.46. The second-order valence-electron chi connectivity index (χ2n) is 4.47. The van der Waals surface area contributed by atoms with Gasteiger partial charge in [-0.05, 0) is 31.2 Å². The summed E-state index contributed by atoms with van der Waals surface area (Å²) in [6.07, 6.45) is 0.959. The summed E-state index contributed by atoms with van der Waals surface area (Å²) in [5.41, 5.74) is 2.32. The van der Waals surface area contributed by atoms with Crippen LogP contribution in [0.3, 0.4) is 0 Å². The van der Waals surface area contributed by atoms with Gasteiger partial charge in [0.15, 0.2) is 0 Å². The molecule has 0 spiro atoms. The molecule has 1 aromatic carbocycles. The molecule has 0 saturated heterocycles. The monoisotopic (exact) mass is 332 g/mol. The first-order valence-corrected chi connectivity index (χ1v) is 6.67. The van der Waals surface area contributed by atoms with E-state index in [1.165, 1.54) is 5.56 Å². The third-order valence-electron chi connectivity index (χ3n) is 3.14. The molecule has 0 fully saturated rings. The molecule has 18 heavy (non-hydrogen) atoms. The third kappa shape index (κ3) is 3.05. The Bertz CT molecular complexity index is 439. The molecule has 1 aliphatic heterocycles. The summed E-state index contributed by atoms with van der Waals surface area (Å²) in [5, 5.41) is 3.05. The van der Waals surface area contributed by atoms with E-state index in [9.17, 15) is 4.79 Å². The van der Waals surface area contributed by atoms with Gasteiger partial charge < -0.3 is 10.2 Å². The molecule has 1 heterocycles. The highest BCUT2D eigenvalue weighted by Crippen LogP contribution is 2.31. The molecule has 1 aromatic rings. The van der Waals surface area contributed by atoms with Gasteiger partial charge in [-0.3, -0.25) is 4.79 Å². The number of halogens is 2. The number of benzene rings is 1. The number of carbonyl (C=O) groups excluding carboxylic acids is 1. The normalized spacial score (nSPS) is 14.9. The Labute approximate surface area is 122 Å². The van der Waals surface area contributed by atoms with E-state index in [-0.39, 0.29) is 24.2 Å². The average molecular weight is 334 g/mol. The van der Waals surface area contributed by atoms with Gasteiger partial charge in [0, 0.05) is 29.2 Å². The average Bonchev–Trinajstić information content (AvgIpc) is 2.71. The number of hydrogen-bond donors (Lipinski definition) is 1. The Kier molecular flexibility index (Phi) is 5.63. The van der Waals surface area contributed by atoms with Crippen LogP contribution in [0.5, 0.6) is 0 Å². The topological polar surface area (TPSA) is 32.3 Å². The SMILES string of the molecule is CNCC(C)C(=O)N1CCc2ccc(Br)cc21.Cl. The van der Waals surface area contributed by atoms with Gasteiger partial charge in [-0.15, -0.1) is 12.4 Å². The van der Waals surface area contributed by atoms with Crippen molar-refractivity contribution in [1.82, 2.24) is 5.32 Å². The maximum absolute atomic E-state index is 12.3. The molecule has 5 heteroatoms. The summed E-state index contributed by atoms with van der Waals surface area (Å²) in [5.74, 6) is 0.223. The Balaban J connectivity index is 0.00000162. The molecule has 0 saturated carbocycles. The van der Waals surface area contributed by atoms with Crippen molar-refractivity contribution >= 4 is 39.9 Å². The predicted molar refractivity (Wildman–Crippen MR) is 80.5 cm³/mol. The molecule has 1 atom stereocenters. The van der Waals surface area contributed by atoms with Crippen LogP contribution in [0.15, 0.2) is 22.7 Å². The number of fused-ring (bicyclic) bond motifs is 1. The summed E-state index contributed by atoms with van der Waals surface area (Å²) in [7, 11) is 1.87. The minimum absolute atomic E-state index is 0. The van der Waals surface area contributed by atoms with Gasteiger partial charge in [-0.1, -0.05) is 28.9 Å². The van der Waals surface area contributed by atoms with Crippen molar-refractivity contribution in [2.75, 3.05) is 25.0 Å². The highest BCUT2D eigenvalue weighted by Gasteiger charge is 2.27. The first kappa shape index (κ1) is 15.5. The van der Waals surface area contributed by atoms with Crippen LogP contribution in [0.2, 0.25) is 0 Å². The van der Waals surface area contributed by atoms with Gasteiger partial charge in [-0.2, -0.15) is 0 Å². The van der Waals surface area contributed by atoms with Gasteiger partial charge in [-0.25, -0.2) is 0 Å². The zero-order chi connectivity index (χ0) is 12.4. The first-order chi connectivity index (χ1) is 8.13. The molecule has 0 radical (unpaired) electrons. The minimum Gasteiger partial charge on any atom is -0.319 e. The molecule has 1 aliphatic rings. The quantitative estimate of drug-likeness (QED) is 0.922. The van der Waals surface area contributed by atoms with Crippen molar-refractivity contribution in [2.24, 2.45) is 5.92 Å². The lowest BCUT2D eigenvalue weighted by Crippen LogP contribution is -2.37. The lowest BCUT2D eigenvalue weighted by Gasteiger charge is -2.21. The van der Waals surface area contributed by atoms with E-state index in [1.807, 2.05) is 31.0 Å². The summed E-state index contributed by atoms with van der Waals surface area (Å²) in [6, 6.07) is 6.16. The molecular weight excluding hydrogens is 316 g/mol. The smallest absolute Gasteiger partial charge is 0.231 e. The fourth-order valence-electron chi connectivity index (χ4n) is 2.24. The zero-order valence-corrected chi connectivity index (χ0v) is 13.0. The van der Waals surface area contributed by atoms with Gasteiger partial charge in [0.05, 0.1) is 0 Å². The maximum Gasteiger partial charge on any atom is 0.231 e. The van der Waals surface area contributed by atoms with Crippen LogP contribution >= 0.6 is 28.3 Å². The van der Waals surface area contributed by atoms with Crippen LogP contribution in [0.4, 0.5) is 5.69 Å². The third-order valence-corrected chi connectivity index (χ3v) is 3.63. The summed E-state index contributed by atoms with van der Waals surface area (Å²) in [4.78, 5) is 14.2. The van der Waals surface area contributed by atoms with E-state index in [4.69, 9.17) is 0 Å². The van der Waals surface area contributed by atoms with Crippen molar-refractivity contribution < 1.29 is 4.79 Å². The maximum atomic E-state index is 12.3. The number of amides is 1. The number of hydrogen-bond acceptors (Lipinski definition) is 2. The molecule has 2 rings (SSSR count). The fourth-order valence-corrected chi connectivity index (χ4v) is 2.59. The number of rotatable bonds is 3. The number of carbonyl (C=O) groups is 1. The van der Waals surface area contributed by atoms with Crippen LogP contribution in [-0.2, 0) is 11.2 Å². The van der Waals surface area contributed by atoms with Gasteiger partial charge in [0.25, 0.3) is 0 Å². The first-order valence-electron chi connectivity index (χ1n) is 5.88. The van der Waals surface area contributed by atoms with Gasteiger partial charge in [0.1, 0.15) is 0 Å². The Hall–Kier alpha value is -0.580. The second kappa shape index (κ2) is 6.55. The number of nitrogens with zero attached hydrogens (tertiary/aromatic N) is 1. The van der Waals surface area contributed by atoms with Crippen LogP contribution in [0.1, 0.15) is 12.5 Å². The van der Waals surface area contributed by atoms with Crippen LogP contribution < -0.4 is 10.2 Å². The predicted octanol–water partition coefficient (Wildman–Crippen LogP) is 2.62. The Morgan fingerprint density at radius 3 is 2.94 bits per heavy atom. The zero-order valence-electron chi connectivity index (χ0n) is 10.6. The van der Waals surface area contributed by atoms with Crippen LogP contribution in [0.25, 0.3) is 0 Å². The second-order valence-corrected chi connectivity index (χ2v) is 5.39. The molecule has 100 valence electrons. The number of nitrogens with one attached hydrogen (secondary N) is 1. The molecular formula is C13H18BrClN2O. The van der Waals surface area contributed by atoms with E-state index in [0.717, 1.165) is 29.7 Å². The summed E-state index contributed by atoms with van der Waals surface area (Å²) in [6.45, 7) is 3.49. The highest BCUT2D eigenvalue weighted by molar-refractivity contribution is 9.10. The molecule has 0 bridgehead atoms. The molecule has 1 N–H and O–H groups in total. The van der Waals surface area contributed by atoms with Crippen molar-refractivity contribution in [3.8, 4) is 0 Å². The van der Waals surface area contributed by atoms with Crippen LogP contribution in [-0.4, -0.2) is 26.0 Å². The van der Waals surface area contributed by atoms with Crippen LogP contribution in [0, 0.1) is 5.92 Å². The Morgan fingerprint density at radius 1 is 1.56 bits per heavy atom. The highest BCUT2D eigenvalue weighted by atomic mass is 79.9. The van der Waals surface area contributed by atoms with E-state index in [0.29, 0.717) is 0 Å². The fraction of sp³-hybridized carbons (Fsp3) is 0.462. The minimum atomic E-state index is 0. The van der Waals surface area contributed by atoms with Gasteiger partial charge >= 0.3 is 0 Å². The standard InChI is InChI=1S/C13H17BrN2O.ClH/c1-9(8-15-2)13(17)16-6-5-10-3-4-11(14)7-12(10)16;/h3-4,7,9,15H,5-6,8H2,1-2H3;1H. The van der Waals surface area contributed by atoms with Crippen molar-refractivity contribution in [1.29, 1.82) is 0 Å². The number of anilines is 1. The summed E-state index contributed by atoms with van der Waals surface area (Å²) < 4.78 is 1.03. The van der Waals surface area contributed by atoms with Gasteiger partial charge in [0.2, 0.25) is 5.91 Å². The molecule has 1 unspecified atom stereocenters. The molecule has 0 aliphatic carbocycles. The van der Waals surface area contributed by atoms with Crippen molar-refractivity contribution in [3.05, 3.63) is 28.2 Å². The van der Waals surface area contributed by atoms with E-state index < -0.39 is 0 Å². The van der Waals surface area contributed by atoms with E-state index >= 15 is 0 Å². The van der Waals surface area contributed by atoms with E-state index in [1.54, 1.807) is 0 Å². The largest absolute Gasteiger partial charge is 0.319 e. The molecule has 3 nitrogen and oxygen atoms in total. The van der Waals surface area contributed by atoms with E-state index in [2.05, 4.69) is 27.3 Å². The molecule has 1 amide bonds. The molecule has 0 aromatic heterocycles. The Morgan fingerprint density at radius 2 is 2.28 bits per heavy atom. The lowest BCUT2D eigenvalue weighted by molar-refractivity contribution is -0.121.